The lowest BCUT2D eigenvalue weighted by atomic mass is 10.1. The summed E-state index contributed by atoms with van der Waals surface area (Å²) in [6.07, 6.45) is 1.82. The molecule has 0 atom stereocenters. The normalized spacial score (nSPS) is 18.0. The molecule has 0 unspecified atom stereocenters. The molecule has 1 aliphatic heterocycles. The van der Waals surface area contributed by atoms with Crippen molar-refractivity contribution in [2.45, 2.75) is 45.1 Å². The van der Waals surface area contributed by atoms with Crippen molar-refractivity contribution in [1.29, 1.82) is 0 Å². The number of hydrogen-bond acceptors (Lipinski definition) is 5. The van der Waals surface area contributed by atoms with Crippen molar-refractivity contribution in [3.63, 3.8) is 0 Å². The Bertz CT molecular complexity index is 344. The summed E-state index contributed by atoms with van der Waals surface area (Å²) in [5.74, 6) is -2.81. The fraction of sp³-hybridized carbons (Fsp3) is 1.00. The molecule has 1 fully saturated rings. The molecule has 5 nitrogen and oxygen atoms in total. The van der Waals surface area contributed by atoms with Gasteiger partial charge < -0.3 is 19.7 Å². The molecule has 25 heavy (non-hydrogen) atoms. The van der Waals surface area contributed by atoms with Gasteiger partial charge in [-0.15, -0.1) is 0 Å². The maximum atomic E-state index is 13.7. The van der Waals surface area contributed by atoms with E-state index in [1.165, 1.54) is 0 Å². The Morgan fingerprint density at radius 1 is 0.920 bits per heavy atom. The number of alkyl halides is 2. The zero-order valence-corrected chi connectivity index (χ0v) is 16.5. The standard InChI is InChI=1S/C18H37F2N3O2/c1-17(2,3)21-15-18(19,20)16-25-13-6-5-7-22-8-10-23(11-9-22)12-14-24-4/h21H,5-16H2,1-4H3. The Hall–Kier alpha value is -0.340. The first-order valence-electron chi connectivity index (χ1n) is 9.36. The Kier molecular flexibility index (Phi) is 10.3. The molecule has 1 heterocycles. The van der Waals surface area contributed by atoms with Crippen molar-refractivity contribution in [1.82, 2.24) is 15.1 Å². The predicted octanol–water partition coefficient (Wildman–Crippen LogP) is 2.07. The summed E-state index contributed by atoms with van der Waals surface area (Å²) in [6, 6.07) is 0. The van der Waals surface area contributed by atoms with Crippen LogP contribution in [0.3, 0.4) is 0 Å². The average molecular weight is 366 g/mol. The third-order valence-corrected chi connectivity index (χ3v) is 4.28. The Morgan fingerprint density at radius 2 is 1.52 bits per heavy atom. The van der Waals surface area contributed by atoms with E-state index in [1.807, 2.05) is 20.8 Å². The monoisotopic (exact) mass is 365 g/mol. The molecule has 0 aromatic rings. The van der Waals surface area contributed by atoms with E-state index >= 15 is 0 Å². The quantitative estimate of drug-likeness (QED) is 0.536. The molecule has 0 saturated carbocycles. The molecule has 1 rings (SSSR count). The van der Waals surface area contributed by atoms with Crippen molar-refractivity contribution in [2.75, 3.05) is 72.7 Å². The van der Waals surface area contributed by atoms with Gasteiger partial charge in [0.05, 0.1) is 13.2 Å². The van der Waals surface area contributed by atoms with E-state index in [-0.39, 0.29) is 12.1 Å². The minimum Gasteiger partial charge on any atom is -0.383 e. The van der Waals surface area contributed by atoms with Gasteiger partial charge in [-0.1, -0.05) is 0 Å². The third kappa shape index (κ3) is 11.8. The average Bonchev–Trinajstić information content (AvgIpc) is 2.55. The van der Waals surface area contributed by atoms with Crippen LogP contribution >= 0.6 is 0 Å². The number of piperazine rings is 1. The van der Waals surface area contributed by atoms with E-state index in [4.69, 9.17) is 9.47 Å². The fourth-order valence-corrected chi connectivity index (χ4v) is 2.66. The van der Waals surface area contributed by atoms with Gasteiger partial charge in [0, 0.05) is 52.0 Å². The molecule has 0 amide bonds. The van der Waals surface area contributed by atoms with Gasteiger partial charge in [-0.3, -0.25) is 4.90 Å². The minimum absolute atomic E-state index is 0.309. The van der Waals surface area contributed by atoms with Crippen LogP contribution in [0.15, 0.2) is 0 Å². The number of halogens is 2. The van der Waals surface area contributed by atoms with Crippen LogP contribution in [0.5, 0.6) is 0 Å². The molecule has 0 spiro atoms. The van der Waals surface area contributed by atoms with Crippen LogP contribution in [0.4, 0.5) is 8.78 Å². The van der Waals surface area contributed by atoms with E-state index in [2.05, 4.69) is 15.1 Å². The molecule has 7 heteroatoms. The fourth-order valence-electron chi connectivity index (χ4n) is 2.66. The van der Waals surface area contributed by atoms with Crippen LogP contribution in [0, 0.1) is 0 Å². The van der Waals surface area contributed by atoms with Gasteiger partial charge in [0.1, 0.15) is 6.61 Å². The summed E-state index contributed by atoms with van der Waals surface area (Å²) in [5, 5.41) is 2.82. The number of rotatable bonds is 12. The highest BCUT2D eigenvalue weighted by Gasteiger charge is 2.30. The van der Waals surface area contributed by atoms with E-state index in [0.29, 0.717) is 6.61 Å². The number of methoxy groups -OCH3 is 1. The predicted molar refractivity (Wildman–Crippen MR) is 97.5 cm³/mol. The van der Waals surface area contributed by atoms with Crippen molar-refractivity contribution < 1.29 is 18.3 Å². The maximum absolute atomic E-state index is 13.7. The summed E-state index contributed by atoms with van der Waals surface area (Å²) in [6.45, 7) is 12.3. The SMILES string of the molecule is COCCN1CCN(CCCCOCC(F)(F)CNC(C)(C)C)CC1. The number of nitrogens with one attached hydrogen (secondary N) is 1. The van der Waals surface area contributed by atoms with Gasteiger partial charge >= 0.3 is 0 Å². The smallest absolute Gasteiger partial charge is 0.283 e. The van der Waals surface area contributed by atoms with Crippen LogP contribution < -0.4 is 5.32 Å². The van der Waals surface area contributed by atoms with E-state index in [9.17, 15) is 8.78 Å². The van der Waals surface area contributed by atoms with E-state index < -0.39 is 12.5 Å². The van der Waals surface area contributed by atoms with Gasteiger partial charge in [0.15, 0.2) is 0 Å². The first kappa shape index (κ1) is 22.7. The number of nitrogens with zero attached hydrogens (tertiary/aromatic N) is 2. The summed E-state index contributed by atoms with van der Waals surface area (Å²) in [7, 11) is 1.73. The van der Waals surface area contributed by atoms with Gasteiger partial charge in [-0.2, -0.15) is 0 Å². The lowest BCUT2D eigenvalue weighted by molar-refractivity contribution is -0.0780. The van der Waals surface area contributed by atoms with Gasteiger partial charge in [-0.05, 0) is 40.2 Å². The summed E-state index contributed by atoms with van der Waals surface area (Å²) in [4.78, 5) is 4.85. The highest BCUT2D eigenvalue weighted by atomic mass is 19.3. The van der Waals surface area contributed by atoms with E-state index in [1.54, 1.807) is 7.11 Å². The first-order chi connectivity index (χ1) is 11.7. The van der Waals surface area contributed by atoms with Crippen LogP contribution in [0.25, 0.3) is 0 Å². The lowest BCUT2D eigenvalue weighted by Crippen LogP contribution is -2.47. The molecular formula is C18H37F2N3O2. The molecule has 0 aliphatic carbocycles. The molecule has 0 aromatic carbocycles. The second kappa shape index (κ2) is 11.4. The Labute approximate surface area is 152 Å². The molecule has 0 aromatic heterocycles. The van der Waals surface area contributed by atoms with Crippen molar-refractivity contribution in [3.8, 4) is 0 Å². The summed E-state index contributed by atoms with van der Waals surface area (Å²) >= 11 is 0. The van der Waals surface area contributed by atoms with Crippen LogP contribution in [0.1, 0.15) is 33.6 Å². The van der Waals surface area contributed by atoms with Gasteiger partial charge in [0.2, 0.25) is 0 Å². The Morgan fingerprint density at radius 3 is 2.08 bits per heavy atom. The largest absolute Gasteiger partial charge is 0.383 e. The summed E-state index contributed by atoms with van der Waals surface area (Å²) < 4.78 is 37.6. The second-order valence-electron chi connectivity index (χ2n) is 7.90. The van der Waals surface area contributed by atoms with Crippen LogP contribution in [0.2, 0.25) is 0 Å². The van der Waals surface area contributed by atoms with Gasteiger partial charge in [0.25, 0.3) is 5.92 Å². The van der Waals surface area contributed by atoms with Crippen LogP contribution in [-0.2, 0) is 9.47 Å². The Balaban J connectivity index is 2.00. The zero-order valence-electron chi connectivity index (χ0n) is 16.5. The van der Waals surface area contributed by atoms with Crippen LogP contribution in [-0.4, -0.2) is 94.0 Å². The van der Waals surface area contributed by atoms with Crippen molar-refractivity contribution in [2.24, 2.45) is 0 Å². The summed E-state index contributed by atoms with van der Waals surface area (Å²) in [5.41, 5.74) is -0.309. The molecule has 0 radical (unpaired) electrons. The number of unbranched alkanes of at least 4 members (excludes halogenated alkanes) is 1. The third-order valence-electron chi connectivity index (χ3n) is 4.28. The topological polar surface area (TPSA) is 37.0 Å². The number of ether oxygens (including phenoxy) is 2. The minimum atomic E-state index is -2.81. The molecule has 150 valence electrons. The molecule has 1 N–H and O–H groups in total. The van der Waals surface area contributed by atoms with Gasteiger partial charge in [-0.25, -0.2) is 8.78 Å². The number of hydrogen-bond donors (Lipinski definition) is 1. The lowest BCUT2D eigenvalue weighted by Gasteiger charge is -2.34. The molecule has 1 saturated heterocycles. The maximum Gasteiger partial charge on any atom is 0.283 e. The zero-order chi connectivity index (χ0) is 18.8. The first-order valence-corrected chi connectivity index (χ1v) is 9.36. The van der Waals surface area contributed by atoms with Crippen molar-refractivity contribution in [3.05, 3.63) is 0 Å². The molecular weight excluding hydrogens is 328 g/mol. The highest BCUT2D eigenvalue weighted by Crippen LogP contribution is 2.14. The highest BCUT2D eigenvalue weighted by molar-refractivity contribution is 4.77. The molecule has 1 aliphatic rings. The molecule has 0 bridgehead atoms. The second-order valence-corrected chi connectivity index (χ2v) is 7.90. The van der Waals surface area contributed by atoms with E-state index in [0.717, 1.165) is 58.7 Å². The van der Waals surface area contributed by atoms with Crippen molar-refractivity contribution >= 4 is 0 Å².